The van der Waals surface area contributed by atoms with Crippen LogP contribution in [0.3, 0.4) is 0 Å². The number of fused-ring (bicyclic) bond motifs is 2. The number of aromatic nitrogens is 5. The Morgan fingerprint density at radius 2 is 1.42 bits per heavy atom. The van der Waals surface area contributed by atoms with Crippen LogP contribution in [0.5, 0.6) is 0 Å². The number of hydrogen-bond donors (Lipinski definition) is 0. The number of benzene rings is 3. The highest BCUT2D eigenvalue weighted by Gasteiger charge is 2.17. The monoisotopic (exact) mass is 339 g/mol. The normalized spacial score (nSPS) is 11.2. The second-order valence-corrected chi connectivity index (χ2v) is 5.90. The van der Waals surface area contributed by atoms with Crippen molar-refractivity contribution in [3.63, 3.8) is 0 Å². The van der Waals surface area contributed by atoms with E-state index >= 15 is 0 Å². The first-order chi connectivity index (χ1) is 12.8. The topological polar surface area (TPSA) is 65.6 Å². The van der Waals surface area contributed by atoms with E-state index in [0.717, 1.165) is 16.7 Å². The van der Waals surface area contributed by atoms with E-state index in [1.54, 1.807) is 15.3 Å². The van der Waals surface area contributed by atoms with Crippen LogP contribution in [0, 0.1) is 0 Å². The van der Waals surface area contributed by atoms with Gasteiger partial charge in [-0.15, -0.1) is 5.10 Å². The summed E-state index contributed by atoms with van der Waals surface area (Å²) < 4.78 is 3.18. The van der Waals surface area contributed by atoms with E-state index in [0.29, 0.717) is 16.9 Å². The van der Waals surface area contributed by atoms with Crippen LogP contribution in [0.25, 0.3) is 33.6 Å². The van der Waals surface area contributed by atoms with Crippen molar-refractivity contribution < 1.29 is 0 Å². The number of hydrogen-bond acceptors (Lipinski definition) is 4. The Morgan fingerprint density at radius 3 is 2.27 bits per heavy atom. The molecule has 5 aromatic rings. The molecule has 0 saturated heterocycles. The fourth-order valence-corrected chi connectivity index (χ4v) is 3.09. The lowest BCUT2D eigenvalue weighted by atomic mass is 10.2. The van der Waals surface area contributed by atoms with Gasteiger partial charge in [0.05, 0.1) is 22.1 Å². The minimum Gasteiger partial charge on any atom is -0.268 e. The van der Waals surface area contributed by atoms with Crippen molar-refractivity contribution in [2.45, 2.75) is 0 Å². The number of para-hydroxylation sites is 3. The molecule has 0 radical (unpaired) electrons. The number of rotatable bonds is 2. The molecule has 0 aliphatic carbocycles. The average molecular weight is 339 g/mol. The van der Waals surface area contributed by atoms with Crippen molar-refractivity contribution in [1.29, 1.82) is 0 Å². The summed E-state index contributed by atoms with van der Waals surface area (Å²) in [6.45, 7) is 0. The van der Waals surface area contributed by atoms with Crippen molar-refractivity contribution in [2.75, 3.05) is 0 Å². The number of nitrogens with zero attached hydrogens (tertiary/aromatic N) is 5. The summed E-state index contributed by atoms with van der Waals surface area (Å²) in [6, 6.07) is 24.4. The molecular weight excluding hydrogens is 326 g/mol. The molecule has 0 aliphatic rings. The molecule has 0 N–H and O–H groups in total. The van der Waals surface area contributed by atoms with Gasteiger partial charge in [0.2, 0.25) is 5.95 Å². The summed E-state index contributed by atoms with van der Waals surface area (Å²) in [7, 11) is 0. The predicted octanol–water partition coefficient (Wildman–Crippen LogP) is 3.12. The molecule has 6 heteroatoms. The minimum atomic E-state index is -0.142. The first-order valence-corrected chi connectivity index (χ1v) is 8.21. The molecule has 5 rings (SSSR count). The van der Waals surface area contributed by atoms with Gasteiger partial charge in [-0.3, -0.25) is 4.79 Å². The zero-order valence-electron chi connectivity index (χ0n) is 13.6. The Kier molecular flexibility index (Phi) is 3.15. The molecule has 0 unspecified atom stereocenters. The van der Waals surface area contributed by atoms with Crippen molar-refractivity contribution >= 4 is 21.9 Å². The van der Waals surface area contributed by atoms with Gasteiger partial charge in [0.25, 0.3) is 5.56 Å². The Labute approximate surface area is 148 Å². The Hall–Kier alpha value is -3.80. The summed E-state index contributed by atoms with van der Waals surface area (Å²) >= 11 is 0. The van der Waals surface area contributed by atoms with Crippen LogP contribution in [0.2, 0.25) is 0 Å². The third kappa shape index (κ3) is 2.12. The second-order valence-electron chi connectivity index (χ2n) is 5.90. The Bertz CT molecular complexity index is 1300. The maximum absolute atomic E-state index is 13.2. The highest BCUT2D eigenvalue weighted by atomic mass is 16.1. The van der Waals surface area contributed by atoms with Gasteiger partial charge < -0.3 is 0 Å². The van der Waals surface area contributed by atoms with Gasteiger partial charge in [-0.2, -0.15) is 4.68 Å². The molecule has 124 valence electrons. The van der Waals surface area contributed by atoms with E-state index in [1.807, 2.05) is 72.8 Å². The fraction of sp³-hybridized carbons (Fsp3) is 0. The third-order valence-electron chi connectivity index (χ3n) is 4.31. The van der Waals surface area contributed by atoms with Crippen molar-refractivity contribution in [1.82, 2.24) is 24.5 Å². The molecular formula is C20H13N5O. The van der Waals surface area contributed by atoms with Crippen LogP contribution in [-0.4, -0.2) is 24.5 Å². The minimum absolute atomic E-state index is 0.142. The van der Waals surface area contributed by atoms with Crippen molar-refractivity contribution in [2.24, 2.45) is 0 Å². The van der Waals surface area contributed by atoms with E-state index in [2.05, 4.69) is 10.3 Å². The molecule has 26 heavy (non-hydrogen) atoms. The van der Waals surface area contributed by atoms with Crippen LogP contribution >= 0.6 is 0 Å². The molecule has 0 atom stereocenters. The van der Waals surface area contributed by atoms with Gasteiger partial charge in [-0.1, -0.05) is 47.7 Å². The van der Waals surface area contributed by atoms with E-state index in [1.165, 1.54) is 0 Å². The van der Waals surface area contributed by atoms with Gasteiger partial charge in [-0.05, 0) is 36.4 Å². The maximum atomic E-state index is 13.2. The Balaban J connectivity index is 1.94. The lowest BCUT2D eigenvalue weighted by Gasteiger charge is -2.13. The van der Waals surface area contributed by atoms with Crippen LogP contribution in [0.4, 0.5) is 0 Å². The summed E-state index contributed by atoms with van der Waals surface area (Å²) in [5.41, 5.74) is 2.75. The summed E-state index contributed by atoms with van der Waals surface area (Å²) in [5.74, 6) is 0.411. The summed E-state index contributed by atoms with van der Waals surface area (Å²) in [6.07, 6.45) is 0. The molecule has 2 heterocycles. The summed E-state index contributed by atoms with van der Waals surface area (Å²) in [4.78, 5) is 18.0. The zero-order valence-corrected chi connectivity index (χ0v) is 13.6. The zero-order chi connectivity index (χ0) is 17.5. The largest absolute Gasteiger partial charge is 0.268 e. The standard InChI is InChI=1S/C20H13N5O/c26-19-15-10-4-5-11-16(15)21-20(24(19)14-8-2-1-3-9-14)25-18-13-7-6-12-17(18)22-23-25/h1-13H. The first-order valence-electron chi connectivity index (χ1n) is 8.21. The van der Waals surface area contributed by atoms with Gasteiger partial charge in [-0.25, -0.2) is 9.55 Å². The highest BCUT2D eigenvalue weighted by Crippen LogP contribution is 2.19. The van der Waals surface area contributed by atoms with E-state index in [9.17, 15) is 4.79 Å². The van der Waals surface area contributed by atoms with Gasteiger partial charge >= 0.3 is 0 Å². The van der Waals surface area contributed by atoms with E-state index in [4.69, 9.17) is 4.98 Å². The molecule has 3 aromatic carbocycles. The lowest BCUT2D eigenvalue weighted by molar-refractivity contribution is 0.740. The fourth-order valence-electron chi connectivity index (χ4n) is 3.09. The van der Waals surface area contributed by atoms with Gasteiger partial charge in [0, 0.05) is 0 Å². The van der Waals surface area contributed by atoms with Crippen LogP contribution in [-0.2, 0) is 0 Å². The average Bonchev–Trinajstić information content (AvgIpc) is 3.13. The van der Waals surface area contributed by atoms with Crippen molar-refractivity contribution in [3.8, 4) is 11.6 Å². The first kappa shape index (κ1) is 14.5. The predicted molar refractivity (Wildman–Crippen MR) is 99.8 cm³/mol. The molecule has 0 spiro atoms. The maximum Gasteiger partial charge on any atom is 0.267 e. The van der Waals surface area contributed by atoms with Gasteiger partial charge in [0.15, 0.2) is 0 Å². The molecule has 0 bridgehead atoms. The van der Waals surface area contributed by atoms with Crippen LogP contribution in [0.1, 0.15) is 0 Å². The summed E-state index contributed by atoms with van der Waals surface area (Å²) in [5, 5.41) is 9.00. The smallest absolute Gasteiger partial charge is 0.267 e. The van der Waals surface area contributed by atoms with E-state index < -0.39 is 0 Å². The third-order valence-corrected chi connectivity index (χ3v) is 4.31. The SMILES string of the molecule is O=c1c2ccccc2nc(-n2nnc3ccccc32)n1-c1ccccc1. The van der Waals surface area contributed by atoms with Crippen molar-refractivity contribution in [3.05, 3.63) is 89.2 Å². The molecule has 2 aromatic heterocycles. The van der Waals surface area contributed by atoms with Gasteiger partial charge in [0.1, 0.15) is 5.52 Å². The lowest BCUT2D eigenvalue weighted by Crippen LogP contribution is -2.25. The molecule has 0 saturated carbocycles. The molecule has 6 nitrogen and oxygen atoms in total. The molecule has 0 fully saturated rings. The van der Waals surface area contributed by atoms with Crippen LogP contribution < -0.4 is 5.56 Å². The Morgan fingerprint density at radius 1 is 0.731 bits per heavy atom. The highest BCUT2D eigenvalue weighted by molar-refractivity contribution is 5.80. The molecule has 0 amide bonds. The second kappa shape index (κ2) is 5.63. The van der Waals surface area contributed by atoms with E-state index in [-0.39, 0.29) is 5.56 Å². The quantitative estimate of drug-likeness (QED) is 0.496. The van der Waals surface area contributed by atoms with Crippen LogP contribution in [0.15, 0.2) is 83.7 Å². The molecule has 0 aliphatic heterocycles.